The smallest absolute Gasteiger partial charge is 0.423 e. The molecule has 4 N–H and O–H groups in total. The number of nitrogens with two attached hydrogens (primary N) is 1. The van der Waals surface area contributed by atoms with Gasteiger partial charge in [-0.3, -0.25) is 0 Å². The maximum absolute atomic E-state index is 9.22. The number of rotatable bonds is 1. The maximum atomic E-state index is 9.22. The van der Waals surface area contributed by atoms with E-state index in [1.165, 1.54) is 0 Å². The van der Waals surface area contributed by atoms with Crippen molar-refractivity contribution in [1.82, 2.24) is 0 Å². The molecule has 1 aromatic rings. The van der Waals surface area contributed by atoms with Crippen molar-refractivity contribution in [1.29, 1.82) is 0 Å². The lowest BCUT2D eigenvalue weighted by Crippen LogP contribution is -2.38. The van der Waals surface area contributed by atoms with Crippen LogP contribution in [-0.4, -0.2) is 17.2 Å². The molecular weight excluding hydrogens is 177 g/mol. The zero-order chi connectivity index (χ0) is 10.9. The van der Waals surface area contributed by atoms with Gasteiger partial charge in [-0.05, 0) is 17.0 Å². The lowest BCUT2D eigenvalue weighted by atomic mass is 9.69. The predicted octanol–water partition coefficient (Wildman–Crippen LogP) is 0.246. The summed E-state index contributed by atoms with van der Waals surface area (Å²) in [4.78, 5) is 0. The van der Waals surface area contributed by atoms with E-state index < -0.39 is 7.12 Å². The Hall–Kier alpha value is -0.995. The Labute approximate surface area is 84.7 Å². The van der Waals surface area contributed by atoms with E-state index in [-0.39, 0.29) is 5.41 Å². The molecule has 1 aromatic carbocycles. The molecule has 0 aliphatic carbocycles. The van der Waals surface area contributed by atoms with Crippen molar-refractivity contribution < 1.29 is 10.0 Å². The molecule has 0 saturated carbocycles. The van der Waals surface area contributed by atoms with Gasteiger partial charge in [0.05, 0.1) is 0 Å². The molecule has 0 saturated heterocycles. The molecule has 0 atom stereocenters. The number of benzene rings is 1. The van der Waals surface area contributed by atoms with E-state index in [1.54, 1.807) is 6.07 Å². The Morgan fingerprint density at radius 3 is 2.14 bits per heavy atom. The fourth-order valence-corrected chi connectivity index (χ4v) is 1.53. The molecule has 3 nitrogen and oxygen atoms in total. The third-order valence-electron chi connectivity index (χ3n) is 2.21. The van der Waals surface area contributed by atoms with Crippen molar-refractivity contribution in [3.8, 4) is 0 Å². The molecule has 0 radical (unpaired) electrons. The highest BCUT2D eigenvalue weighted by atomic mass is 16.4. The summed E-state index contributed by atoms with van der Waals surface area (Å²) in [6.45, 7) is 6.02. The lowest BCUT2D eigenvalue weighted by Gasteiger charge is -2.23. The van der Waals surface area contributed by atoms with E-state index in [9.17, 15) is 10.0 Å². The van der Waals surface area contributed by atoms with Crippen LogP contribution in [0.25, 0.3) is 0 Å². The van der Waals surface area contributed by atoms with Crippen LogP contribution in [0.2, 0.25) is 0 Å². The summed E-state index contributed by atoms with van der Waals surface area (Å²) in [5.74, 6) is 0. The van der Waals surface area contributed by atoms with Gasteiger partial charge in [-0.25, -0.2) is 0 Å². The van der Waals surface area contributed by atoms with Crippen molar-refractivity contribution in [2.75, 3.05) is 5.73 Å². The molecule has 0 heterocycles. The van der Waals surface area contributed by atoms with Crippen LogP contribution < -0.4 is 11.2 Å². The van der Waals surface area contributed by atoms with Gasteiger partial charge in [-0.15, -0.1) is 0 Å². The zero-order valence-electron chi connectivity index (χ0n) is 8.78. The summed E-state index contributed by atoms with van der Waals surface area (Å²) < 4.78 is 0. The van der Waals surface area contributed by atoms with E-state index in [0.717, 1.165) is 5.56 Å². The standard InChI is InChI=1S/C10H16BNO2/c1-10(2,3)7-5-4-6-8(12)9(7)11(13)14/h4-6,13-14H,12H2,1-3H3. The molecule has 76 valence electrons. The van der Waals surface area contributed by atoms with Gasteiger partial charge >= 0.3 is 7.12 Å². The van der Waals surface area contributed by atoms with Gasteiger partial charge in [0.1, 0.15) is 0 Å². The number of nitrogen functional groups attached to an aromatic ring is 1. The van der Waals surface area contributed by atoms with Crippen molar-refractivity contribution in [2.24, 2.45) is 0 Å². The summed E-state index contributed by atoms with van der Waals surface area (Å²) in [5, 5.41) is 18.4. The molecule has 4 heteroatoms. The summed E-state index contributed by atoms with van der Waals surface area (Å²) >= 11 is 0. The molecule has 0 bridgehead atoms. The molecule has 0 aromatic heterocycles. The highest BCUT2D eigenvalue weighted by Gasteiger charge is 2.25. The second kappa shape index (κ2) is 3.63. The predicted molar refractivity (Wildman–Crippen MR) is 59.4 cm³/mol. The second-order valence-electron chi connectivity index (χ2n) is 4.43. The minimum Gasteiger partial charge on any atom is -0.423 e. The summed E-state index contributed by atoms with van der Waals surface area (Å²) in [6.07, 6.45) is 0. The first-order chi connectivity index (χ1) is 6.34. The summed E-state index contributed by atoms with van der Waals surface area (Å²) in [7, 11) is -1.51. The number of anilines is 1. The molecule has 0 fully saturated rings. The van der Waals surface area contributed by atoms with Gasteiger partial charge in [0.25, 0.3) is 0 Å². The minimum absolute atomic E-state index is 0.144. The fraction of sp³-hybridized carbons (Fsp3) is 0.400. The van der Waals surface area contributed by atoms with Crippen molar-refractivity contribution in [3.63, 3.8) is 0 Å². The van der Waals surface area contributed by atoms with E-state index in [2.05, 4.69) is 0 Å². The molecule has 14 heavy (non-hydrogen) atoms. The first kappa shape index (κ1) is 11.1. The molecular formula is C10H16BNO2. The number of hydrogen-bond acceptors (Lipinski definition) is 3. The molecule has 0 amide bonds. The summed E-state index contributed by atoms with van der Waals surface area (Å²) in [6, 6.07) is 5.36. The average molecular weight is 193 g/mol. The van der Waals surface area contributed by atoms with Crippen LogP contribution in [0.3, 0.4) is 0 Å². The van der Waals surface area contributed by atoms with E-state index in [1.807, 2.05) is 32.9 Å². The minimum atomic E-state index is -1.51. The highest BCUT2D eigenvalue weighted by Crippen LogP contribution is 2.22. The topological polar surface area (TPSA) is 66.5 Å². The lowest BCUT2D eigenvalue weighted by molar-refractivity contribution is 0.424. The second-order valence-corrected chi connectivity index (χ2v) is 4.43. The van der Waals surface area contributed by atoms with Crippen LogP contribution in [0.1, 0.15) is 26.3 Å². The fourth-order valence-electron chi connectivity index (χ4n) is 1.53. The largest absolute Gasteiger partial charge is 0.490 e. The van der Waals surface area contributed by atoms with Gasteiger partial charge < -0.3 is 15.8 Å². The molecule has 0 unspecified atom stereocenters. The Morgan fingerprint density at radius 1 is 1.21 bits per heavy atom. The third-order valence-corrected chi connectivity index (χ3v) is 2.21. The molecule has 1 rings (SSSR count). The van der Waals surface area contributed by atoms with E-state index in [4.69, 9.17) is 5.73 Å². The van der Waals surface area contributed by atoms with Crippen LogP contribution >= 0.6 is 0 Å². The molecule has 0 spiro atoms. The van der Waals surface area contributed by atoms with E-state index in [0.29, 0.717) is 11.2 Å². The first-order valence-electron chi connectivity index (χ1n) is 4.59. The van der Waals surface area contributed by atoms with Gasteiger partial charge in [-0.1, -0.05) is 32.9 Å². The van der Waals surface area contributed by atoms with Crippen molar-refractivity contribution in [2.45, 2.75) is 26.2 Å². The van der Waals surface area contributed by atoms with E-state index >= 15 is 0 Å². The van der Waals surface area contributed by atoms with Crippen molar-refractivity contribution >= 4 is 18.3 Å². The quantitative estimate of drug-likeness (QED) is 0.442. The highest BCUT2D eigenvalue weighted by molar-refractivity contribution is 6.61. The van der Waals surface area contributed by atoms with Crippen molar-refractivity contribution in [3.05, 3.63) is 23.8 Å². The van der Waals surface area contributed by atoms with Crippen LogP contribution in [-0.2, 0) is 5.41 Å². The zero-order valence-corrected chi connectivity index (χ0v) is 8.78. The monoisotopic (exact) mass is 193 g/mol. The normalized spacial score (nSPS) is 11.5. The summed E-state index contributed by atoms with van der Waals surface area (Å²) in [5.41, 5.74) is 7.26. The van der Waals surface area contributed by atoms with Crippen LogP contribution in [0, 0.1) is 0 Å². The van der Waals surface area contributed by atoms with Gasteiger partial charge in [0.2, 0.25) is 0 Å². The Balaban J connectivity index is 3.36. The third kappa shape index (κ3) is 2.08. The van der Waals surface area contributed by atoms with Gasteiger partial charge in [-0.2, -0.15) is 0 Å². The molecule has 0 aliphatic rings. The molecule has 0 aliphatic heterocycles. The van der Waals surface area contributed by atoms with Crippen LogP contribution in [0.4, 0.5) is 5.69 Å². The SMILES string of the molecule is CC(C)(C)c1cccc(N)c1B(O)O. The van der Waals surface area contributed by atoms with Gasteiger partial charge in [0.15, 0.2) is 0 Å². The Kier molecular flexibility index (Phi) is 2.88. The van der Waals surface area contributed by atoms with Gasteiger partial charge in [0, 0.05) is 11.2 Å². The van der Waals surface area contributed by atoms with Crippen LogP contribution in [0.5, 0.6) is 0 Å². The average Bonchev–Trinajstić information content (AvgIpc) is 2.01. The van der Waals surface area contributed by atoms with Crippen LogP contribution in [0.15, 0.2) is 18.2 Å². The Morgan fingerprint density at radius 2 is 1.79 bits per heavy atom. The maximum Gasteiger partial charge on any atom is 0.490 e. The number of hydrogen-bond donors (Lipinski definition) is 3. The first-order valence-corrected chi connectivity index (χ1v) is 4.59. The Bertz CT molecular complexity index is 331.